The molecule has 2 fully saturated rings. The minimum Gasteiger partial charge on any atom is -0.444 e. The van der Waals surface area contributed by atoms with Crippen molar-refractivity contribution in [3.8, 4) is 0 Å². The van der Waals surface area contributed by atoms with Crippen molar-refractivity contribution < 1.29 is 14.3 Å². The van der Waals surface area contributed by atoms with Gasteiger partial charge in [-0.2, -0.15) is 0 Å². The number of hydrogen-bond donors (Lipinski definition) is 2. The molecule has 0 aromatic carbocycles. The molecule has 3 unspecified atom stereocenters. The zero-order chi connectivity index (χ0) is 16.0. The quantitative estimate of drug-likeness (QED) is 0.838. The Morgan fingerprint density at radius 2 is 1.95 bits per heavy atom. The predicted molar refractivity (Wildman–Crippen MR) is 87.0 cm³/mol. The molecule has 5 heteroatoms. The molecule has 2 N–H and O–H groups in total. The van der Waals surface area contributed by atoms with Crippen LogP contribution in [-0.4, -0.2) is 43.5 Å². The Labute approximate surface area is 134 Å². The van der Waals surface area contributed by atoms with Gasteiger partial charge in [-0.3, -0.25) is 0 Å². The van der Waals surface area contributed by atoms with Crippen LogP contribution in [0.15, 0.2) is 0 Å². The van der Waals surface area contributed by atoms with Crippen molar-refractivity contribution in [2.45, 2.75) is 77.0 Å². The summed E-state index contributed by atoms with van der Waals surface area (Å²) < 4.78 is 10.9. The third-order valence-electron chi connectivity index (χ3n) is 4.43. The lowest BCUT2D eigenvalue weighted by molar-refractivity contribution is 0.0486. The van der Waals surface area contributed by atoms with E-state index in [1.165, 1.54) is 32.1 Å². The Balaban J connectivity index is 1.77. The maximum absolute atomic E-state index is 11.8. The van der Waals surface area contributed by atoms with Gasteiger partial charge in [0.15, 0.2) is 0 Å². The maximum atomic E-state index is 11.8. The molecule has 0 radical (unpaired) electrons. The molecule has 0 aromatic heterocycles. The van der Waals surface area contributed by atoms with Gasteiger partial charge in [-0.15, -0.1) is 0 Å². The fourth-order valence-corrected chi connectivity index (χ4v) is 3.37. The lowest BCUT2D eigenvalue weighted by Crippen LogP contribution is -2.50. The summed E-state index contributed by atoms with van der Waals surface area (Å²) in [5, 5.41) is 6.71. The molecule has 1 saturated heterocycles. The molecule has 0 spiro atoms. The monoisotopic (exact) mass is 312 g/mol. The van der Waals surface area contributed by atoms with Gasteiger partial charge in [-0.1, -0.05) is 12.8 Å². The lowest BCUT2D eigenvalue weighted by atomic mass is 9.83. The minimum absolute atomic E-state index is 0.308. The van der Waals surface area contributed by atoms with E-state index in [-0.39, 0.29) is 6.09 Å². The SMILES string of the molecule is CC(C)(C)OC(=O)NCC1CCCCC1NC1CCCOC1. The Kier molecular flexibility index (Phi) is 6.50. The summed E-state index contributed by atoms with van der Waals surface area (Å²) >= 11 is 0. The van der Waals surface area contributed by atoms with Gasteiger partial charge in [0.1, 0.15) is 5.60 Å². The number of hydrogen-bond acceptors (Lipinski definition) is 4. The summed E-state index contributed by atoms with van der Waals surface area (Å²) in [6.07, 6.45) is 6.91. The van der Waals surface area contributed by atoms with E-state index >= 15 is 0 Å². The first-order chi connectivity index (χ1) is 10.4. The molecule has 22 heavy (non-hydrogen) atoms. The van der Waals surface area contributed by atoms with Crippen LogP contribution in [0.5, 0.6) is 0 Å². The van der Waals surface area contributed by atoms with Gasteiger partial charge in [0.2, 0.25) is 0 Å². The fourth-order valence-electron chi connectivity index (χ4n) is 3.37. The van der Waals surface area contributed by atoms with Gasteiger partial charge in [0, 0.05) is 25.2 Å². The van der Waals surface area contributed by atoms with Crippen LogP contribution in [0, 0.1) is 5.92 Å². The molecular formula is C17H32N2O3. The molecule has 1 amide bonds. The highest BCUT2D eigenvalue weighted by Gasteiger charge is 2.28. The van der Waals surface area contributed by atoms with Crippen LogP contribution >= 0.6 is 0 Å². The number of rotatable bonds is 4. The van der Waals surface area contributed by atoms with Crippen molar-refractivity contribution in [3.63, 3.8) is 0 Å². The molecule has 3 atom stereocenters. The van der Waals surface area contributed by atoms with Gasteiger partial charge in [-0.05, 0) is 52.4 Å². The molecule has 1 aliphatic heterocycles. The first-order valence-electron chi connectivity index (χ1n) is 8.75. The van der Waals surface area contributed by atoms with Gasteiger partial charge in [-0.25, -0.2) is 4.79 Å². The average Bonchev–Trinajstić information content (AvgIpc) is 2.46. The molecule has 0 aromatic rings. The standard InChI is InChI=1S/C17H32N2O3/c1-17(2,3)22-16(20)18-11-13-7-4-5-9-15(13)19-14-8-6-10-21-12-14/h13-15,19H,4-12H2,1-3H3,(H,18,20). The van der Waals surface area contributed by atoms with E-state index in [1.54, 1.807) is 0 Å². The Morgan fingerprint density at radius 1 is 1.18 bits per heavy atom. The summed E-state index contributed by atoms with van der Waals surface area (Å²) in [7, 11) is 0. The van der Waals surface area contributed by atoms with E-state index in [1.807, 2.05) is 20.8 Å². The van der Waals surface area contributed by atoms with Crippen molar-refractivity contribution >= 4 is 6.09 Å². The third kappa shape index (κ3) is 6.13. The summed E-state index contributed by atoms with van der Waals surface area (Å²) in [6.45, 7) is 8.08. The van der Waals surface area contributed by atoms with E-state index in [9.17, 15) is 4.79 Å². The molecular weight excluding hydrogens is 280 g/mol. The summed E-state index contributed by atoms with van der Waals surface area (Å²) in [4.78, 5) is 11.8. The van der Waals surface area contributed by atoms with Gasteiger partial charge < -0.3 is 20.1 Å². The normalized spacial score (nSPS) is 29.9. The maximum Gasteiger partial charge on any atom is 0.407 e. The smallest absolute Gasteiger partial charge is 0.407 e. The largest absolute Gasteiger partial charge is 0.444 e. The van der Waals surface area contributed by atoms with E-state index < -0.39 is 5.60 Å². The highest BCUT2D eigenvalue weighted by molar-refractivity contribution is 5.67. The van der Waals surface area contributed by atoms with Crippen LogP contribution in [-0.2, 0) is 9.47 Å². The number of ether oxygens (including phenoxy) is 2. The Morgan fingerprint density at radius 3 is 2.64 bits per heavy atom. The van der Waals surface area contributed by atoms with Crippen molar-refractivity contribution in [3.05, 3.63) is 0 Å². The number of alkyl carbamates (subject to hydrolysis) is 1. The first kappa shape index (κ1) is 17.5. The third-order valence-corrected chi connectivity index (χ3v) is 4.43. The highest BCUT2D eigenvalue weighted by atomic mass is 16.6. The van der Waals surface area contributed by atoms with Crippen molar-refractivity contribution in [2.75, 3.05) is 19.8 Å². The second-order valence-corrected chi connectivity index (χ2v) is 7.61. The molecule has 1 saturated carbocycles. The van der Waals surface area contributed by atoms with Crippen molar-refractivity contribution in [1.82, 2.24) is 10.6 Å². The van der Waals surface area contributed by atoms with Crippen LogP contribution < -0.4 is 10.6 Å². The van der Waals surface area contributed by atoms with E-state index in [0.717, 1.165) is 19.6 Å². The van der Waals surface area contributed by atoms with Crippen LogP contribution in [0.2, 0.25) is 0 Å². The zero-order valence-electron chi connectivity index (χ0n) is 14.3. The van der Waals surface area contributed by atoms with Gasteiger partial charge >= 0.3 is 6.09 Å². The second kappa shape index (κ2) is 8.16. The summed E-state index contributed by atoms with van der Waals surface area (Å²) in [5.74, 6) is 0.489. The van der Waals surface area contributed by atoms with E-state index in [4.69, 9.17) is 9.47 Å². The van der Waals surface area contributed by atoms with Crippen LogP contribution in [0.4, 0.5) is 4.79 Å². The summed E-state index contributed by atoms with van der Waals surface area (Å²) in [5.41, 5.74) is -0.437. The topological polar surface area (TPSA) is 59.6 Å². The van der Waals surface area contributed by atoms with Crippen LogP contribution in [0.1, 0.15) is 59.3 Å². The highest BCUT2D eigenvalue weighted by Crippen LogP contribution is 2.25. The summed E-state index contributed by atoms with van der Waals surface area (Å²) in [6, 6.07) is 0.955. The molecule has 0 bridgehead atoms. The van der Waals surface area contributed by atoms with Crippen molar-refractivity contribution in [1.29, 1.82) is 0 Å². The number of carbonyl (C=O) groups is 1. The van der Waals surface area contributed by atoms with Gasteiger partial charge in [0.25, 0.3) is 0 Å². The lowest BCUT2D eigenvalue weighted by Gasteiger charge is -2.36. The van der Waals surface area contributed by atoms with E-state index in [0.29, 0.717) is 24.5 Å². The predicted octanol–water partition coefficient (Wildman–Crippen LogP) is 2.84. The van der Waals surface area contributed by atoms with Crippen LogP contribution in [0.25, 0.3) is 0 Å². The number of carbonyl (C=O) groups excluding carboxylic acids is 1. The second-order valence-electron chi connectivity index (χ2n) is 7.61. The number of nitrogens with one attached hydrogen (secondary N) is 2. The molecule has 2 aliphatic rings. The molecule has 1 heterocycles. The van der Waals surface area contributed by atoms with Crippen molar-refractivity contribution in [2.24, 2.45) is 5.92 Å². The number of amides is 1. The van der Waals surface area contributed by atoms with Gasteiger partial charge in [0.05, 0.1) is 6.61 Å². The first-order valence-corrected chi connectivity index (χ1v) is 8.75. The fraction of sp³-hybridized carbons (Fsp3) is 0.941. The Bertz CT molecular complexity index is 348. The molecule has 128 valence electrons. The minimum atomic E-state index is -0.437. The molecule has 5 nitrogen and oxygen atoms in total. The zero-order valence-corrected chi connectivity index (χ0v) is 14.3. The Hall–Kier alpha value is -0.810. The average molecular weight is 312 g/mol. The molecule has 1 aliphatic carbocycles. The van der Waals surface area contributed by atoms with Crippen LogP contribution in [0.3, 0.4) is 0 Å². The molecule has 2 rings (SSSR count). The van der Waals surface area contributed by atoms with E-state index in [2.05, 4.69) is 10.6 Å².